The van der Waals surface area contributed by atoms with Gasteiger partial charge in [0, 0.05) is 38.4 Å². The van der Waals surface area contributed by atoms with E-state index in [0.717, 1.165) is 51.4 Å². The number of primary amides is 1. The zero-order valence-electron chi connectivity index (χ0n) is 17.2. The molecule has 0 aromatic carbocycles. The zero-order valence-corrected chi connectivity index (χ0v) is 17.2. The average Bonchev–Trinajstić information content (AvgIpc) is 2.70. The van der Waals surface area contributed by atoms with Gasteiger partial charge in [-0.3, -0.25) is 9.59 Å². The standard InChI is InChI=1S/C20H32N6O3/c1-12(27)23-13-3-5-14(6-4-13)24-19-17(18(21)28)11-22-20(26-19)25-15-7-9-16(29-2)10-8-15/h11,13-16H,3-10H2,1-2H3,(H2,21,28)(H,23,27)(H2,22,24,25,26). The number of hydrogen-bond donors (Lipinski definition) is 4. The Morgan fingerprint density at radius 2 is 1.59 bits per heavy atom. The van der Waals surface area contributed by atoms with E-state index in [1.54, 1.807) is 14.0 Å². The van der Waals surface area contributed by atoms with Gasteiger partial charge >= 0.3 is 0 Å². The molecular formula is C20H32N6O3. The second-order valence-corrected chi connectivity index (χ2v) is 8.07. The van der Waals surface area contributed by atoms with Crippen molar-refractivity contribution in [3.63, 3.8) is 0 Å². The first-order chi connectivity index (χ1) is 13.9. The summed E-state index contributed by atoms with van der Waals surface area (Å²) in [5.41, 5.74) is 5.81. The Morgan fingerprint density at radius 3 is 2.17 bits per heavy atom. The number of carbonyl (C=O) groups excluding carboxylic acids is 2. The molecule has 2 aliphatic rings. The summed E-state index contributed by atoms with van der Waals surface area (Å²) in [6.07, 6.45) is 9.38. The largest absolute Gasteiger partial charge is 0.381 e. The molecule has 0 spiro atoms. The van der Waals surface area contributed by atoms with Crippen LogP contribution in [0.1, 0.15) is 68.6 Å². The number of nitrogens with one attached hydrogen (secondary N) is 3. The fraction of sp³-hybridized carbons (Fsp3) is 0.700. The van der Waals surface area contributed by atoms with E-state index in [0.29, 0.717) is 29.5 Å². The van der Waals surface area contributed by atoms with Crippen LogP contribution in [0.4, 0.5) is 11.8 Å². The Morgan fingerprint density at radius 1 is 1.00 bits per heavy atom. The highest BCUT2D eigenvalue weighted by Crippen LogP contribution is 2.26. The van der Waals surface area contributed by atoms with E-state index >= 15 is 0 Å². The van der Waals surface area contributed by atoms with Crippen LogP contribution in [0.25, 0.3) is 0 Å². The van der Waals surface area contributed by atoms with Crippen molar-refractivity contribution >= 4 is 23.6 Å². The van der Waals surface area contributed by atoms with E-state index in [1.165, 1.54) is 6.20 Å². The van der Waals surface area contributed by atoms with Crippen molar-refractivity contribution in [3.8, 4) is 0 Å². The summed E-state index contributed by atoms with van der Waals surface area (Å²) >= 11 is 0. The fourth-order valence-electron chi connectivity index (χ4n) is 4.23. The topological polar surface area (TPSA) is 131 Å². The highest BCUT2D eigenvalue weighted by atomic mass is 16.5. The lowest BCUT2D eigenvalue weighted by molar-refractivity contribution is -0.119. The van der Waals surface area contributed by atoms with Crippen molar-refractivity contribution in [2.24, 2.45) is 5.73 Å². The molecule has 0 aliphatic heterocycles. The highest BCUT2D eigenvalue weighted by molar-refractivity contribution is 5.97. The number of carbonyl (C=O) groups is 2. The number of amides is 2. The molecule has 9 nitrogen and oxygen atoms in total. The highest BCUT2D eigenvalue weighted by Gasteiger charge is 2.25. The monoisotopic (exact) mass is 404 g/mol. The molecular weight excluding hydrogens is 372 g/mol. The van der Waals surface area contributed by atoms with Crippen molar-refractivity contribution in [1.29, 1.82) is 0 Å². The first-order valence-electron chi connectivity index (χ1n) is 10.4. The maximum absolute atomic E-state index is 11.8. The van der Waals surface area contributed by atoms with Gasteiger partial charge in [-0.15, -0.1) is 0 Å². The minimum absolute atomic E-state index is 0.00322. The number of hydrogen-bond acceptors (Lipinski definition) is 7. The molecule has 0 unspecified atom stereocenters. The zero-order chi connectivity index (χ0) is 20.8. The predicted octanol–water partition coefficient (Wildman–Crippen LogP) is 1.80. The first-order valence-corrected chi connectivity index (χ1v) is 10.4. The van der Waals surface area contributed by atoms with Gasteiger partial charge in [-0.25, -0.2) is 4.98 Å². The molecule has 1 aromatic heterocycles. The number of ether oxygens (including phenoxy) is 1. The number of methoxy groups -OCH3 is 1. The fourth-order valence-corrected chi connectivity index (χ4v) is 4.23. The molecule has 0 saturated heterocycles. The molecule has 0 bridgehead atoms. The maximum atomic E-state index is 11.8. The van der Waals surface area contributed by atoms with E-state index in [-0.39, 0.29) is 18.0 Å². The smallest absolute Gasteiger partial charge is 0.254 e. The average molecular weight is 405 g/mol. The van der Waals surface area contributed by atoms with Crippen molar-refractivity contribution in [2.75, 3.05) is 17.7 Å². The Labute approximate surface area is 171 Å². The van der Waals surface area contributed by atoms with Crippen molar-refractivity contribution in [3.05, 3.63) is 11.8 Å². The molecule has 2 amide bonds. The van der Waals surface area contributed by atoms with Gasteiger partial charge in [-0.2, -0.15) is 4.98 Å². The molecule has 5 N–H and O–H groups in total. The number of anilines is 2. The van der Waals surface area contributed by atoms with E-state index in [1.807, 2.05) is 0 Å². The summed E-state index contributed by atoms with van der Waals surface area (Å²) in [6, 6.07) is 0.686. The SMILES string of the molecule is COC1CCC(Nc2ncc(C(N)=O)c(NC3CCC(NC(C)=O)CC3)n2)CC1. The molecule has 1 heterocycles. The summed E-state index contributed by atoms with van der Waals surface area (Å²) in [7, 11) is 1.76. The third-order valence-corrected chi connectivity index (χ3v) is 5.87. The normalized spacial score (nSPS) is 27.1. The molecule has 2 fully saturated rings. The Hall–Kier alpha value is -2.42. The Balaban J connectivity index is 1.62. The lowest BCUT2D eigenvalue weighted by atomic mass is 9.91. The van der Waals surface area contributed by atoms with Crippen molar-refractivity contribution in [1.82, 2.24) is 15.3 Å². The summed E-state index contributed by atoms with van der Waals surface area (Å²) in [4.78, 5) is 31.9. The molecule has 1 aromatic rings. The first kappa shape index (κ1) is 21.3. The lowest BCUT2D eigenvalue weighted by Gasteiger charge is -2.30. The quantitative estimate of drug-likeness (QED) is 0.545. The van der Waals surface area contributed by atoms with E-state index in [9.17, 15) is 9.59 Å². The third-order valence-electron chi connectivity index (χ3n) is 5.87. The van der Waals surface area contributed by atoms with Gasteiger partial charge < -0.3 is 26.4 Å². The third kappa shape index (κ3) is 6.03. The van der Waals surface area contributed by atoms with E-state index in [4.69, 9.17) is 10.5 Å². The molecule has 2 saturated carbocycles. The van der Waals surface area contributed by atoms with Crippen LogP contribution in [-0.2, 0) is 9.53 Å². The molecule has 9 heteroatoms. The molecule has 2 aliphatic carbocycles. The van der Waals surface area contributed by atoms with Gasteiger partial charge in [-0.1, -0.05) is 0 Å². The van der Waals surface area contributed by atoms with Crippen LogP contribution in [0.5, 0.6) is 0 Å². The van der Waals surface area contributed by atoms with Gasteiger partial charge in [0.15, 0.2) is 0 Å². The Kier molecular flexibility index (Phi) is 7.24. The molecule has 0 radical (unpaired) electrons. The van der Waals surface area contributed by atoms with Crippen molar-refractivity contribution < 1.29 is 14.3 Å². The molecule has 160 valence electrons. The minimum Gasteiger partial charge on any atom is -0.381 e. The summed E-state index contributed by atoms with van der Waals surface area (Å²) in [6.45, 7) is 1.54. The van der Waals surface area contributed by atoms with Crippen LogP contribution in [0.2, 0.25) is 0 Å². The van der Waals surface area contributed by atoms with E-state index in [2.05, 4.69) is 25.9 Å². The number of nitrogens with zero attached hydrogens (tertiary/aromatic N) is 2. The second kappa shape index (κ2) is 9.87. The summed E-state index contributed by atoms with van der Waals surface area (Å²) in [5.74, 6) is 0.434. The molecule has 29 heavy (non-hydrogen) atoms. The van der Waals surface area contributed by atoms with Gasteiger partial charge in [0.1, 0.15) is 5.82 Å². The molecule has 3 rings (SSSR count). The van der Waals surface area contributed by atoms with Gasteiger partial charge in [0.2, 0.25) is 11.9 Å². The number of aromatic nitrogens is 2. The van der Waals surface area contributed by atoms with Gasteiger partial charge in [0.05, 0.1) is 11.7 Å². The van der Waals surface area contributed by atoms with Gasteiger partial charge in [-0.05, 0) is 51.4 Å². The lowest BCUT2D eigenvalue weighted by Crippen LogP contribution is -2.39. The number of nitrogens with two attached hydrogens (primary N) is 1. The van der Waals surface area contributed by atoms with Crippen LogP contribution < -0.4 is 21.7 Å². The summed E-state index contributed by atoms with van der Waals surface area (Å²) < 4.78 is 5.42. The van der Waals surface area contributed by atoms with Crippen LogP contribution in [0.15, 0.2) is 6.20 Å². The van der Waals surface area contributed by atoms with Crippen LogP contribution in [-0.4, -0.2) is 53.1 Å². The second-order valence-electron chi connectivity index (χ2n) is 8.07. The van der Waals surface area contributed by atoms with Crippen LogP contribution in [0.3, 0.4) is 0 Å². The number of rotatable bonds is 7. The van der Waals surface area contributed by atoms with E-state index < -0.39 is 5.91 Å². The van der Waals surface area contributed by atoms with Crippen LogP contribution >= 0.6 is 0 Å². The van der Waals surface area contributed by atoms with Crippen molar-refractivity contribution in [2.45, 2.75) is 82.5 Å². The Bertz CT molecular complexity index is 712. The maximum Gasteiger partial charge on any atom is 0.254 e. The van der Waals surface area contributed by atoms with Crippen LogP contribution in [0, 0.1) is 0 Å². The molecule has 0 atom stereocenters. The van der Waals surface area contributed by atoms with Gasteiger partial charge in [0.25, 0.3) is 5.91 Å². The summed E-state index contributed by atoms with van der Waals surface area (Å²) in [5, 5.41) is 9.73. The minimum atomic E-state index is -0.549. The predicted molar refractivity (Wildman–Crippen MR) is 111 cm³/mol.